The smallest absolute Gasteiger partial charge is 0.253 e. The van der Waals surface area contributed by atoms with Crippen LogP contribution in [0, 0.1) is 0 Å². The molecule has 5 nitrogen and oxygen atoms in total. The van der Waals surface area contributed by atoms with Crippen molar-refractivity contribution < 1.29 is 14.3 Å². The van der Waals surface area contributed by atoms with Gasteiger partial charge in [-0.2, -0.15) is 11.8 Å². The van der Waals surface area contributed by atoms with Crippen molar-refractivity contribution in [2.24, 2.45) is 0 Å². The number of carbonyl (C=O) groups is 1. The third kappa shape index (κ3) is 3.03. The summed E-state index contributed by atoms with van der Waals surface area (Å²) in [6, 6.07) is 9.27. The highest BCUT2D eigenvalue weighted by atomic mass is 32.2. The van der Waals surface area contributed by atoms with Gasteiger partial charge in [-0.05, 0) is 19.1 Å². The van der Waals surface area contributed by atoms with Gasteiger partial charge in [-0.15, -0.1) is 0 Å². The third-order valence-corrected chi connectivity index (χ3v) is 4.90. The van der Waals surface area contributed by atoms with Gasteiger partial charge in [0.05, 0.1) is 6.20 Å². The molecule has 2 N–H and O–H groups in total. The number of aromatic nitrogens is 1. The summed E-state index contributed by atoms with van der Waals surface area (Å²) in [6.45, 7) is 1.80. The van der Waals surface area contributed by atoms with Crippen molar-refractivity contribution in [2.45, 2.75) is 25.0 Å². The summed E-state index contributed by atoms with van der Waals surface area (Å²) in [6.07, 6.45) is 2.13. The molecule has 6 heteroatoms. The summed E-state index contributed by atoms with van der Waals surface area (Å²) < 4.78 is 5.72. The Morgan fingerprint density at radius 3 is 2.91 bits per heavy atom. The maximum Gasteiger partial charge on any atom is 0.253 e. The van der Waals surface area contributed by atoms with Gasteiger partial charge in [0, 0.05) is 11.3 Å². The van der Waals surface area contributed by atoms with Crippen LogP contribution in [0.4, 0.5) is 0 Å². The first-order valence-corrected chi connectivity index (χ1v) is 8.36. The summed E-state index contributed by atoms with van der Waals surface area (Å²) in [7, 11) is 0. The molecule has 1 aliphatic rings. The monoisotopic (exact) mass is 318 g/mol. The fourth-order valence-corrected chi connectivity index (χ4v) is 3.59. The first-order chi connectivity index (χ1) is 10.6. The summed E-state index contributed by atoms with van der Waals surface area (Å²) in [5, 5.41) is 13.0. The van der Waals surface area contributed by atoms with Crippen LogP contribution in [0.1, 0.15) is 25.3 Å². The highest BCUT2D eigenvalue weighted by molar-refractivity contribution is 7.99. The molecule has 0 spiro atoms. The van der Waals surface area contributed by atoms with E-state index in [1.165, 1.54) is 0 Å². The topological polar surface area (TPSA) is 75.4 Å². The number of amides is 1. The lowest BCUT2D eigenvalue weighted by atomic mass is 10.0. The lowest BCUT2D eigenvalue weighted by Gasteiger charge is -2.22. The predicted octanol–water partition coefficient (Wildman–Crippen LogP) is 2.39. The minimum absolute atomic E-state index is 0.357. The number of rotatable bonds is 4. The maximum absolute atomic E-state index is 12.2. The van der Waals surface area contributed by atoms with Crippen molar-refractivity contribution in [2.75, 3.05) is 11.5 Å². The quantitative estimate of drug-likeness (QED) is 0.905. The lowest BCUT2D eigenvalue weighted by Crippen LogP contribution is -2.47. The van der Waals surface area contributed by atoms with Crippen molar-refractivity contribution in [3.05, 3.63) is 42.4 Å². The van der Waals surface area contributed by atoms with Gasteiger partial charge in [-0.3, -0.25) is 4.79 Å². The molecule has 1 saturated heterocycles. The molecule has 2 unspecified atom stereocenters. The second-order valence-electron chi connectivity index (χ2n) is 5.46. The van der Waals surface area contributed by atoms with Crippen LogP contribution in [0.15, 0.2) is 40.9 Å². The van der Waals surface area contributed by atoms with Crippen molar-refractivity contribution in [3.63, 3.8) is 0 Å². The van der Waals surface area contributed by atoms with Crippen LogP contribution in [0.2, 0.25) is 0 Å². The van der Waals surface area contributed by atoms with Crippen LogP contribution in [0.5, 0.6) is 0 Å². The zero-order valence-electron chi connectivity index (χ0n) is 12.3. The number of hydrogen-bond donors (Lipinski definition) is 2. The van der Waals surface area contributed by atoms with Gasteiger partial charge in [0.1, 0.15) is 6.04 Å². The molecule has 0 saturated carbocycles. The normalized spacial score (nSPS) is 22.5. The molecule has 2 atom stereocenters. The molecule has 1 aromatic heterocycles. The standard InChI is InChI=1S/C16H18N2O3S/c1-11(18-15(19)16(20)7-8-22-10-16)14-17-9-13(21-14)12-5-3-2-4-6-12/h2-6,9,11,20H,7-8,10H2,1H3,(H,18,19). The van der Waals surface area contributed by atoms with E-state index in [0.29, 0.717) is 23.8 Å². The molecule has 1 amide bonds. The molecule has 0 radical (unpaired) electrons. The predicted molar refractivity (Wildman–Crippen MR) is 85.4 cm³/mol. The zero-order chi connectivity index (χ0) is 15.6. The first-order valence-electron chi connectivity index (χ1n) is 7.21. The van der Waals surface area contributed by atoms with Crippen LogP contribution in [0.3, 0.4) is 0 Å². The Hall–Kier alpha value is -1.79. The van der Waals surface area contributed by atoms with Crippen LogP contribution in [-0.4, -0.2) is 33.1 Å². The number of benzene rings is 1. The van der Waals surface area contributed by atoms with E-state index in [2.05, 4.69) is 10.3 Å². The highest BCUT2D eigenvalue weighted by Gasteiger charge is 2.40. The van der Waals surface area contributed by atoms with Gasteiger partial charge in [0.2, 0.25) is 5.89 Å². The molecule has 22 heavy (non-hydrogen) atoms. The minimum Gasteiger partial charge on any atom is -0.438 e. The van der Waals surface area contributed by atoms with Crippen molar-refractivity contribution in [1.82, 2.24) is 10.3 Å². The highest BCUT2D eigenvalue weighted by Crippen LogP contribution is 2.29. The fraction of sp³-hybridized carbons (Fsp3) is 0.375. The number of nitrogens with one attached hydrogen (secondary N) is 1. The maximum atomic E-state index is 12.2. The van der Waals surface area contributed by atoms with Gasteiger partial charge in [-0.1, -0.05) is 30.3 Å². The molecular weight excluding hydrogens is 300 g/mol. The number of thioether (sulfide) groups is 1. The number of carbonyl (C=O) groups excluding carboxylic acids is 1. The lowest BCUT2D eigenvalue weighted by molar-refractivity contribution is -0.138. The van der Waals surface area contributed by atoms with E-state index in [9.17, 15) is 9.90 Å². The molecule has 2 aromatic rings. The van der Waals surface area contributed by atoms with Crippen molar-refractivity contribution in [3.8, 4) is 11.3 Å². The van der Waals surface area contributed by atoms with Crippen molar-refractivity contribution in [1.29, 1.82) is 0 Å². The van der Waals surface area contributed by atoms with Gasteiger partial charge in [0.15, 0.2) is 11.4 Å². The summed E-state index contributed by atoms with van der Waals surface area (Å²) >= 11 is 1.58. The number of nitrogens with zero attached hydrogens (tertiary/aromatic N) is 1. The third-order valence-electron chi connectivity index (χ3n) is 3.72. The minimum atomic E-state index is -1.27. The molecule has 0 bridgehead atoms. The molecule has 0 aliphatic carbocycles. The van der Waals surface area contributed by atoms with Gasteiger partial charge in [-0.25, -0.2) is 4.98 Å². The number of aliphatic hydroxyl groups is 1. The fourth-order valence-electron chi connectivity index (χ4n) is 2.35. The second kappa shape index (κ2) is 6.14. The zero-order valence-corrected chi connectivity index (χ0v) is 13.1. The Kier molecular flexibility index (Phi) is 4.22. The van der Waals surface area contributed by atoms with Gasteiger partial charge >= 0.3 is 0 Å². The van der Waals surface area contributed by atoms with E-state index in [1.54, 1.807) is 24.9 Å². The van der Waals surface area contributed by atoms with E-state index >= 15 is 0 Å². The van der Waals surface area contributed by atoms with Crippen LogP contribution >= 0.6 is 11.8 Å². The second-order valence-corrected chi connectivity index (χ2v) is 6.56. The SMILES string of the molecule is CC(NC(=O)C1(O)CCSC1)c1ncc(-c2ccccc2)o1. The average molecular weight is 318 g/mol. The molecule has 2 heterocycles. The summed E-state index contributed by atoms with van der Waals surface area (Å²) in [4.78, 5) is 16.4. The Morgan fingerprint density at radius 2 is 2.23 bits per heavy atom. The van der Waals surface area contributed by atoms with E-state index in [-0.39, 0.29) is 11.9 Å². The Morgan fingerprint density at radius 1 is 1.45 bits per heavy atom. The first kappa shape index (κ1) is 15.1. The van der Waals surface area contributed by atoms with Crippen LogP contribution in [-0.2, 0) is 4.79 Å². The summed E-state index contributed by atoms with van der Waals surface area (Å²) in [5.74, 6) is 1.97. The number of hydrogen-bond acceptors (Lipinski definition) is 5. The van der Waals surface area contributed by atoms with E-state index < -0.39 is 5.60 Å². The molecule has 1 aliphatic heterocycles. The summed E-state index contributed by atoms with van der Waals surface area (Å²) in [5.41, 5.74) is -0.334. The van der Waals surface area contributed by atoms with E-state index in [4.69, 9.17) is 4.42 Å². The van der Waals surface area contributed by atoms with Gasteiger partial charge in [0.25, 0.3) is 5.91 Å². The molecular formula is C16H18N2O3S. The molecule has 1 aromatic carbocycles. The molecule has 1 fully saturated rings. The van der Waals surface area contributed by atoms with Crippen LogP contribution < -0.4 is 5.32 Å². The van der Waals surface area contributed by atoms with E-state index in [1.807, 2.05) is 30.3 Å². The largest absolute Gasteiger partial charge is 0.438 e. The van der Waals surface area contributed by atoms with Crippen molar-refractivity contribution >= 4 is 17.7 Å². The average Bonchev–Trinajstić information content (AvgIpc) is 3.18. The van der Waals surface area contributed by atoms with E-state index in [0.717, 1.165) is 11.3 Å². The molecule has 116 valence electrons. The Labute approximate surface area is 133 Å². The Balaban J connectivity index is 1.69. The number of oxazole rings is 1. The van der Waals surface area contributed by atoms with Gasteiger partial charge < -0.3 is 14.8 Å². The molecule has 3 rings (SSSR count). The Bertz CT molecular complexity index is 650. The van der Waals surface area contributed by atoms with Crippen LogP contribution in [0.25, 0.3) is 11.3 Å².